The third kappa shape index (κ3) is 3.69. The van der Waals surface area contributed by atoms with E-state index < -0.39 is 0 Å². The number of hydrogen-bond acceptors (Lipinski definition) is 1. The lowest BCUT2D eigenvalue weighted by Gasteiger charge is -2.31. The van der Waals surface area contributed by atoms with Gasteiger partial charge in [0.25, 0.3) is 5.91 Å². The third-order valence-electron chi connectivity index (χ3n) is 3.50. The summed E-state index contributed by atoms with van der Waals surface area (Å²) in [7, 11) is 0. The Hall–Kier alpha value is -1.17. The van der Waals surface area contributed by atoms with E-state index in [0.717, 1.165) is 24.9 Å². The first-order valence-electron chi connectivity index (χ1n) is 6.84. The molecule has 1 saturated heterocycles. The molecule has 1 aromatic rings. The predicted molar refractivity (Wildman–Crippen MR) is 83.1 cm³/mol. The van der Waals surface area contributed by atoms with Gasteiger partial charge in [-0.05, 0) is 36.5 Å². The fraction of sp³-hybridized carbons (Fsp3) is 0.438. The molecular weight excluding hydrogens is 293 g/mol. The molecule has 1 heterocycles. The number of carbonyl (C=O) groups is 1. The first kappa shape index (κ1) is 15.2. The van der Waals surface area contributed by atoms with Crippen LogP contribution >= 0.6 is 23.2 Å². The molecule has 0 aliphatic carbocycles. The monoisotopic (exact) mass is 309 g/mol. The number of nitrogens with zero attached hydrogens (tertiary/aromatic N) is 1. The van der Waals surface area contributed by atoms with E-state index in [-0.39, 0.29) is 5.91 Å². The number of piperidine rings is 1. The maximum Gasteiger partial charge on any atom is 0.298 e. The number of amides is 1. The Labute approximate surface area is 130 Å². The number of benzene rings is 1. The summed E-state index contributed by atoms with van der Waals surface area (Å²) in [5, 5.41) is 1.13. The summed E-state index contributed by atoms with van der Waals surface area (Å²) in [6, 6.07) is 5.71. The van der Waals surface area contributed by atoms with Crippen LogP contribution in [0.3, 0.4) is 0 Å². The first-order valence-corrected chi connectivity index (χ1v) is 7.60. The smallest absolute Gasteiger partial charge is 0.298 e. The molecule has 4 heteroatoms. The molecule has 0 bridgehead atoms. The minimum atomic E-state index is -0.0726. The molecule has 0 N–H and O–H groups in total. The van der Waals surface area contributed by atoms with Crippen LogP contribution in [0.1, 0.15) is 37.7 Å². The highest BCUT2D eigenvalue weighted by atomic mass is 35.5. The first-order chi connectivity index (χ1) is 9.61. The average molecular weight is 310 g/mol. The van der Waals surface area contributed by atoms with Gasteiger partial charge >= 0.3 is 0 Å². The minimum absolute atomic E-state index is 0.0726. The van der Waals surface area contributed by atoms with Gasteiger partial charge in [-0.1, -0.05) is 42.1 Å². The molecule has 1 aliphatic heterocycles. The van der Waals surface area contributed by atoms with Gasteiger partial charge in [0, 0.05) is 25.4 Å². The summed E-state index contributed by atoms with van der Waals surface area (Å²) in [5.74, 6) is 5.76. The molecule has 1 aliphatic rings. The highest BCUT2D eigenvalue weighted by Crippen LogP contribution is 2.31. The Bertz CT molecular complexity index is 559. The molecule has 0 unspecified atom stereocenters. The van der Waals surface area contributed by atoms with Crippen molar-refractivity contribution in [3.05, 3.63) is 33.8 Å². The Morgan fingerprint density at radius 3 is 2.90 bits per heavy atom. The van der Waals surface area contributed by atoms with E-state index in [1.165, 1.54) is 0 Å². The van der Waals surface area contributed by atoms with Crippen molar-refractivity contribution >= 4 is 29.1 Å². The molecule has 20 heavy (non-hydrogen) atoms. The highest BCUT2D eigenvalue weighted by molar-refractivity contribution is 6.42. The van der Waals surface area contributed by atoms with E-state index in [9.17, 15) is 4.79 Å². The minimum Gasteiger partial charge on any atom is -0.331 e. The second kappa shape index (κ2) is 7.02. The van der Waals surface area contributed by atoms with Gasteiger partial charge in [-0.25, -0.2) is 0 Å². The van der Waals surface area contributed by atoms with E-state index in [4.69, 9.17) is 23.2 Å². The standard InChI is InChI=1S/C16H17Cl2NO/c1-2-3-6-16(20)19-9-4-5-13(11-19)12-7-8-14(17)15(18)10-12/h7-8,10,13H,2,4-5,9,11H2,1H3/t13-/m1/s1. The molecule has 1 fully saturated rings. The van der Waals surface area contributed by atoms with Gasteiger partial charge in [0.2, 0.25) is 0 Å². The quantitative estimate of drug-likeness (QED) is 0.715. The SMILES string of the molecule is CCC#CC(=O)N1CCC[C@@H](c2ccc(Cl)c(Cl)c2)C1. The fourth-order valence-electron chi connectivity index (χ4n) is 2.44. The fourth-order valence-corrected chi connectivity index (χ4v) is 2.75. The Morgan fingerprint density at radius 2 is 2.20 bits per heavy atom. The number of rotatable bonds is 1. The Kier molecular flexibility index (Phi) is 5.34. The van der Waals surface area contributed by atoms with Crippen LogP contribution in [0.4, 0.5) is 0 Å². The van der Waals surface area contributed by atoms with Crippen molar-refractivity contribution in [3.63, 3.8) is 0 Å². The van der Waals surface area contributed by atoms with Crippen molar-refractivity contribution in [1.82, 2.24) is 4.90 Å². The van der Waals surface area contributed by atoms with Crippen LogP contribution in [-0.4, -0.2) is 23.9 Å². The summed E-state index contributed by atoms with van der Waals surface area (Å²) >= 11 is 12.0. The zero-order chi connectivity index (χ0) is 14.5. The molecule has 0 spiro atoms. The van der Waals surface area contributed by atoms with Crippen LogP contribution in [0, 0.1) is 11.8 Å². The van der Waals surface area contributed by atoms with Gasteiger partial charge in [-0.15, -0.1) is 0 Å². The maximum absolute atomic E-state index is 12.0. The Morgan fingerprint density at radius 1 is 1.40 bits per heavy atom. The van der Waals surface area contributed by atoms with Crippen molar-refractivity contribution in [2.75, 3.05) is 13.1 Å². The molecule has 0 saturated carbocycles. The molecule has 1 amide bonds. The van der Waals surface area contributed by atoms with Crippen molar-refractivity contribution in [3.8, 4) is 11.8 Å². The van der Waals surface area contributed by atoms with Gasteiger partial charge in [-0.2, -0.15) is 0 Å². The molecule has 2 rings (SSSR count). The van der Waals surface area contributed by atoms with Crippen molar-refractivity contribution < 1.29 is 4.79 Å². The van der Waals surface area contributed by atoms with E-state index in [0.29, 0.717) is 28.9 Å². The largest absolute Gasteiger partial charge is 0.331 e. The number of carbonyl (C=O) groups excluding carboxylic acids is 1. The van der Waals surface area contributed by atoms with Crippen LogP contribution in [-0.2, 0) is 4.79 Å². The Balaban J connectivity index is 2.10. The maximum atomic E-state index is 12.0. The summed E-state index contributed by atoms with van der Waals surface area (Å²) in [6.45, 7) is 3.43. The van der Waals surface area contributed by atoms with Crippen LogP contribution < -0.4 is 0 Å². The van der Waals surface area contributed by atoms with Crippen molar-refractivity contribution in [2.45, 2.75) is 32.1 Å². The van der Waals surface area contributed by atoms with E-state index in [2.05, 4.69) is 11.8 Å². The van der Waals surface area contributed by atoms with E-state index >= 15 is 0 Å². The lowest BCUT2D eigenvalue weighted by molar-refractivity contribution is -0.126. The summed E-state index contributed by atoms with van der Waals surface area (Å²) in [5.41, 5.74) is 1.14. The number of hydrogen-bond donors (Lipinski definition) is 0. The highest BCUT2D eigenvalue weighted by Gasteiger charge is 2.24. The second-order valence-electron chi connectivity index (χ2n) is 4.92. The average Bonchev–Trinajstić information content (AvgIpc) is 2.47. The predicted octanol–water partition coefficient (Wildman–Crippen LogP) is 4.11. The molecule has 0 aromatic heterocycles. The van der Waals surface area contributed by atoms with Crippen molar-refractivity contribution in [2.24, 2.45) is 0 Å². The molecule has 106 valence electrons. The number of halogens is 2. The van der Waals surface area contributed by atoms with Gasteiger partial charge in [0.1, 0.15) is 0 Å². The topological polar surface area (TPSA) is 20.3 Å². The van der Waals surface area contributed by atoms with Crippen molar-refractivity contribution in [1.29, 1.82) is 0 Å². The van der Waals surface area contributed by atoms with Gasteiger partial charge < -0.3 is 4.90 Å². The van der Waals surface area contributed by atoms with Crippen LogP contribution in [0.2, 0.25) is 10.0 Å². The zero-order valence-corrected chi connectivity index (χ0v) is 13.0. The van der Waals surface area contributed by atoms with Gasteiger partial charge in [0.05, 0.1) is 10.0 Å². The lowest BCUT2D eigenvalue weighted by Crippen LogP contribution is -2.38. The number of likely N-dealkylation sites (tertiary alicyclic amines) is 1. The molecule has 2 nitrogen and oxygen atoms in total. The zero-order valence-electron chi connectivity index (χ0n) is 11.5. The van der Waals surface area contributed by atoms with Crippen LogP contribution in [0.15, 0.2) is 18.2 Å². The molecular formula is C16H17Cl2NO. The third-order valence-corrected chi connectivity index (χ3v) is 4.23. The molecule has 1 aromatic carbocycles. The molecule has 1 atom stereocenters. The van der Waals surface area contributed by atoms with Gasteiger partial charge in [0.15, 0.2) is 0 Å². The van der Waals surface area contributed by atoms with E-state index in [1.807, 2.05) is 30.0 Å². The summed E-state index contributed by atoms with van der Waals surface area (Å²) in [4.78, 5) is 13.8. The normalized spacial score (nSPS) is 18.4. The summed E-state index contributed by atoms with van der Waals surface area (Å²) < 4.78 is 0. The second-order valence-corrected chi connectivity index (χ2v) is 5.73. The van der Waals surface area contributed by atoms with Gasteiger partial charge in [-0.3, -0.25) is 4.79 Å². The lowest BCUT2D eigenvalue weighted by atomic mass is 9.90. The molecule has 0 radical (unpaired) electrons. The van der Waals surface area contributed by atoms with E-state index in [1.54, 1.807) is 0 Å². The van der Waals surface area contributed by atoms with Crippen LogP contribution in [0.25, 0.3) is 0 Å². The summed E-state index contributed by atoms with van der Waals surface area (Å²) in [6.07, 6.45) is 2.75. The van der Waals surface area contributed by atoms with Crippen LogP contribution in [0.5, 0.6) is 0 Å².